The molecule has 1 unspecified atom stereocenters. The molecule has 1 aromatic rings. The Morgan fingerprint density at radius 3 is 2.82 bits per heavy atom. The molecule has 1 aromatic carbocycles. The van der Waals surface area contributed by atoms with Gasteiger partial charge in [-0.2, -0.15) is 0 Å². The number of benzene rings is 1. The smallest absolute Gasteiger partial charge is 0.334 e. The van der Waals surface area contributed by atoms with Crippen LogP contribution >= 0.6 is 0 Å². The summed E-state index contributed by atoms with van der Waals surface area (Å²) in [4.78, 5) is 11.1. The first-order chi connectivity index (χ1) is 8.15. The highest BCUT2D eigenvalue weighted by Crippen LogP contribution is 2.11. The fourth-order valence-corrected chi connectivity index (χ4v) is 1.54. The number of rotatable bonds is 6. The number of aliphatic hydroxyl groups is 1. The number of esters is 1. The van der Waals surface area contributed by atoms with Gasteiger partial charge in [-0.25, -0.2) is 9.18 Å². The second-order valence-electron chi connectivity index (χ2n) is 3.75. The Labute approximate surface area is 100 Å². The van der Waals surface area contributed by atoms with Crippen LogP contribution in [0.15, 0.2) is 24.3 Å². The van der Waals surface area contributed by atoms with E-state index in [4.69, 9.17) is 0 Å². The summed E-state index contributed by atoms with van der Waals surface area (Å²) >= 11 is 0. The first-order valence-corrected chi connectivity index (χ1v) is 5.73. The molecule has 0 heterocycles. The van der Waals surface area contributed by atoms with Crippen LogP contribution in [-0.4, -0.2) is 23.8 Å². The van der Waals surface area contributed by atoms with E-state index >= 15 is 0 Å². The maximum atomic E-state index is 13.2. The second-order valence-corrected chi connectivity index (χ2v) is 3.75. The van der Waals surface area contributed by atoms with Crippen molar-refractivity contribution in [2.75, 3.05) is 6.61 Å². The van der Waals surface area contributed by atoms with E-state index in [2.05, 4.69) is 4.74 Å². The predicted octanol–water partition coefficient (Wildman–Crippen LogP) is 2.07. The minimum Gasteiger partial charge on any atom is -0.464 e. The number of hydrogen-bond donors (Lipinski definition) is 1. The van der Waals surface area contributed by atoms with Gasteiger partial charge in [-0.3, -0.25) is 0 Å². The normalized spacial score (nSPS) is 12.2. The van der Waals surface area contributed by atoms with E-state index in [-0.39, 0.29) is 18.8 Å². The van der Waals surface area contributed by atoms with Crippen LogP contribution < -0.4 is 0 Å². The molecule has 17 heavy (non-hydrogen) atoms. The Balaban J connectivity index is 2.33. The van der Waals surface area contributed by atoms with E-state index in [0.29, 0.717) is 18.4 Å². The van der Waals surface area contributed by atoms with Crippen molar-refractivity contribution in [1.29, 1.82) is 0 Å². The summed E-state index contributed by atoms with van der Waals surface area (Å²) in [5.41, 5.74) is 0.601. The maximum absolute atomic E-state index is 13.2. The molecular weight excluding hydrogens is 223 g/mol. The molecule has 0 aliphatic heterocycles. The summed E-state index contributed by atoms with van der Waals surface area (Å²) in [6.45, 7) is 1.94. The maximum Gasteiger partial charge on any atom is 0.334 e. The minimum absolute atomic E-state index is 0.252. The molecule has 0 saturated heterocycles. The van der Waals surface area contributed by atoms with Crippen LogP contribution in [0.25, 0.3) is 0 Å². The Hall–Kier alpha value is -1.42. The molecule has 0 aromatic heterocycles. The fourth-order valence-electron chi connectivity index (χ4n) is 1.54. The molecule has 3 nitrogen and oxygen atoms in total. The average Bonchev–Trinajstić information content (AvgIpc) is 2.31. The van der Waals surface area contributed by atoms with Crippen LogP contribution in [-0.2, 0) is 16.0 Å². The van der Waals surface area contributed by atoms with Crippen LogP contribution in [0.1, 0.15) is 25.3 Å². The third-order valence-electron chi connectivity index (χ3n) is 2.44. The molecule has 0 spiro atoms. The lowest BCUT2D eigenvalue weighted by Gasteiger charge is -2.09. The van der Waals surface area contributed by atoms with Gasteiger partial charge in [0.2, 0.25) is 0 Å². The first kappa shape index (κ1) is 13.6. The van der Waals surface area contributed by atoms with Gasteiger partial charge in [-0.15, -0.1) is 0 Å². The molecule has 0 radical (unpaired) electrons. The van der Waals surface area contributed by atoms with Gasteiger partial charge >= 0.3 is 5.97 Å². The fraction of sp³-hybridized carbons (Fsp3) is 0.462. The molecule has 0 bridgehead atoms. The molecule has 0 fully saturated rings. The summed E-state index contributed by atoms with van der Waals surface area (Å²) in [7, 11) is 0. The second kappa shape index (κ2) is 7.01. The molecule has 4 heteroatoms. The summed E-state index contributed by atoms with van der Waals surface area (Å²) in [6.07, 6.45) is 0.221. The molecule has 94 valence electrons. The third kappa shape index (κ3) is 4.53. The molecule has 1 N–H and O–H groups in total. The Morgan fingerprint density at radius 1 is 1.47 bits per heavy atom. The van der Waals surface area contributed by atoms with Gasteiger partial charge in [-0.05, 0) is 37.8 Å². The molecule has 0 aliphatic rings. The van der Waals surface area contributed by atoms with Crippen LogP contribution in [0.4, 0.5) is 4.39 Å². The summed E-state index contributed by atoms with van der Waals surface area (Å²) < 4.78 is 17.9. The summed E-state index contributed by atoms with van der Waals surface area (Å²) in [5.74, 6) is -0.862. The van der Waals surface area contributed by atoms with Crippen LogP contribution in [0, 0.1) is 5.82 Å². The van der Waals surface area contributed by atoms with Crippen molar-refractivity contribution in [2.45, 2.75) is 32.3 Å². The predicted molar refractivity (Wildman–Crippen MR) is 62.0 cm³/mol. The van der Waals surface area contributed by atoms with Crippen molar-refractivity contribution in [3.8, 4) is 0 Å². The highest BCUT2D eigenvalue weighted by molar-refractivity contribution is 5.74. The number of carbonyl (C=O) groups is 1. The van der Waals surface area contributed by atoms with Crippen molar-refractivity contribution < 1.29 is 19.0 Å². The largest absolute Gasteiger partial charge is 0.464 e. The Morgan fingerprint density at radius 2 is 2.18 bits per heavy atom. The lowest BCUT2D eigenvalue weighted by Crippen LogP contribution is -2.23. The van der Waals surface area contributed by atoms with Crippen LogP contribution in [0.3, 0.4) is 0 Å². The summed E-state index contributed by atoms with van der Waals surface area (Å²) in [5, 5.41) is 9.43. The van der Waals surface area contributed by atoms with Gasteiger partial charge in [0.05, 0.1) is 6.61 Å². The zero-order valence-electron chi connectivity index (χ0n) is 9.86. The van der Waals surface area contributed by atoms with Crippen molar-refractivity contribution in [1.82, 2.24) is 0 Å². The van der Waals surface area contributed by atoms with E-state index in [1.165, 1.54) is 6.07 Å². The lowest BCUT2D eigenvalue weighted by atomic mass is 10.1. The molecule has 0 amide bonds. The van der Waals surface area contributed by atoms with Gasteiger partial charge in [0.25, 0.3) is 0 Å². The average molecular weight is 240 g/mol. The van der Waals surface area contributed by atoms with E-state index in [1.54, 1.807) is 25.1 Å². The van der Waals surface area contributed by atoms with E-state index in [0.717, 1.165) is 0 Å². The Bertz CT molecular complexity index is 365. The molecule has 1 atom stereocenters. The number of carbonyl (C=O) groups excluding carboxylic acids is 1. The molecule has 0 aliphatic carbocycles. The number of aliphatic hydroxyl groups excluding tert-OH is 1. The third-order valence-corrected chi connectivity index (χ3v) is 2.44. The van der Waals surface area contributed by atoms with Crippen molar-refractivity contribution in [2.24, 2.45) is 0 Å². The minimum atomic E-state index is -1.11. The molecule has 0 saturated carbocycles. The topological polar surface area (TPSA) is 46.5 Å². The molecular formula is C13H17FO3. The molecule has 1 rings (SSSR count). The number of hydrogen-bond acceptors (Lipinski definition) is 3. The van der Waals surface area contributed by atoms with E-state index < -0.39 is 12.1 Å². The highest BCUT2D eigenvalue weighted by Gasteiger charge is 2.15. The van der Waals surface area contributed by atoms with Crippen LogP contribution in [0.2, 0.25) is 0 Å². The summed E-state index contributed by atoms with van der Waals surface area (Å²) in [6, 6.07) is 6.50. The standard InChI is InChI=1S/C13H17FO3/c1-2-17-13(16)12(15)9-5-7-10-6-3-4-8-11(10)14/h3-4,6,8,12,15H,2,5,7,9H2,1H3. The van der Waals surface area contributed by atoms with Gasteiger partial charge in [0, 0.05) is 0 Å². The number of ether oxygens (including phenoxy) is 1. The van der Waals surface area contributed by atoms with Crippen molar-refractivity contribution in [3.05, 3.63) is 35.6 Å². The zero-order valence-corrected chi connectivity index (χ0v) is 9.86. The number of halogens is 1. The van der Waals surface area contributed by atoms with Gasteiger partial charge in [0.1, 0.15) is 5.82 Å². The first-order valence-electron chi connectivity index (χ1n) is 5.73. The highest BCUT2D eigenvalue weighted by atomic mass is 19.1. The van der Waals surface area contributed by atoms with Crippen molar-refractivity contribution >= 4 is 5.97 Å². The SMILES string of the molecule is CCOC(=O)C(O)CCCc1ccccc1F. The van der Waals surface area contributed by atoms with Gasteiger partial charge in [-0.1, -0.05) is 18.2 Å². The quantitative estimate of drug-likeness (QED) is 0.774. The van der Waals surface area contributed by atoms with E-state index in [1.807, 2.05) is 0 Å². The van der Waals surface area contributed by atoms with Crippen LogP contribution in [0.5, 0.6) is 0 Å². The monoisotopic (exact) mass is 240 g/mol. The number of aryl methyl sites for hydroxylation is 1. The van der Waals surface area contributed by atoms with Crippen molar-refractivity contribution in [3.63, 3.8) is 0 Å². The van der Waals surface area contributed by atoms with Gasteiger partial charge < -0.3 is 9.84 Å². The van der Waals surface area contributed by atoms with E-state index in [9.17, 15) is 14.3 Å². The Kier molecular flexibility index (Phi) is 5.63. The van der Waals surface area contributed by atoms with Gasteiger partial charge in [0.15, 0.2) is 6.10 Å². The zero-order chi connectivity index (χ0) is 12.7. The lowest BCUT2D eigenvalue weighted by molar-refractivity contribution is -0.153.